The summed E-state index contributed by atoms with van der Waals surface area (Å²) >= 11 is 0. The van der Waals surface area contributed by atoms with Crippen LogP contribution in [-0.4, -0.2) is 66.4 Å². The van der Waals surface area contributed by atoms with Crippen LogP contribution in [0.2, 0.25) is 0 Å². The second-order valence-corrected chi connectivity index (χ2v) is 10.6. The van der Waals surface area contributed by atoms with Crippen LogP contribution in [0.25, 0.3) is 11.0 Å². The molecule has 246 valence electrons. The second kappa shape index (κ2) is 16.8. The monoisotopic (exact) mass is 655 g/mol. The van der Waals surface area contributed by atoms with Crippen LogP contribution in [-0.2, 0) is 25.7 Å². The molecule has 14 nitrogen and oxygen atoms in total. The summed E-state index contributed by atoms with van der Waals surface area (Å²) in [4.78, 5) is 69.0. The van der Waals surface area contributed by atoms with Gasteiger partial charge in [-0.05, 0) is 55.9 Å². The second-order valence-electron chi connectivity index (χ2n) is 10.6. The summed E-state index contributed by atoms with van der Waals surface area (Å²) < 4.78 is 10.4. The number of halogens is 1. The number of alkyl carbamates (subject to hydrolysis) is 1. The topological polar surface area (TPSA) is 211 Å². The van der Waals surface area contributed by atoms with Crippen LogP contribution < -0.4 is 33.0 Å². The molecule has 3 aromatic rings. The van der Waals surface area contributed by atoms with Crippen molar-refractivity contribution in [3.8, 4) is 0 Å². The molecule has 7 N–H and O–H groups in total. The first-order chi connectivity index (χ1) is 21.6. The third kappa shape index (κ3) is 9.95. The Bertz CT molecular complexity index is 1630. The van der Waals surface area contributed by atoms with E-state index in [1.54, 1.807) is 19.1 Å². The average Bonchev–Trinajstić information content (AvgIpc) is 3.51. The Hall–Kier alpha value is -5.11. The van der Waals surface area contributed by atoms with E-state index in [4.69, 9.17) is 20.6 Å². The fourth-order valence-electron chi connectivity index (χ4n) is 5.03. The van der Waals surface area contributed by atoms with Gasteiger partial charge in [0.25, 0.3) is 0 Å². The van der Waals surface area contributed by atoms with Gasteiger partial charge in [-0.3, -0.25) is 19.4 Å². The van der Waals surface area contributed by atoms with E-state index >= 15 is 0 Å². The van der Waals surface area contributed by atoms with Gasteiger partial charge in [0.15, 0.2) is 5.96 Å². The lowest BCUT2D eigenvalue weighted by atomic mass is 10.1. The number of nitrogens with one attached hydrogen (secondary N) is 3. The number of nitrogens with zero attached hydrogens (tertiary/aromatic N) is 2. The van der Waals surface area contributed by atoms with Crippen molar-refractivity contribution in [2.24, 2.45) is 16.5 Å². The highest BCUT2D eigenvalue weighted by molar-refractivity contribution is 5.99. The molecule has 2 atom stereocenters. The summed E-state index contributed by atoms with van der Waals surface area (Å²) in [6.07, 6.45) is 0.788. The van der Waals surface area contributed by atoms with E-state index in [0.29, 0.717) is 37.1 Å². The lowest BCUT2D eigenvalue weighted by Gasteiger charge is -2.26. The predicted molar refractivity (Wildman–Crippen MR) is 174 cm³/mol. The maximum Gasteiger partial charge on any atom is 0.407 e. The van der Waals surface area contributed by atoms with Crippen molar-refractivity contribution >= 4 is 58.8 Å². The highest BCUT2D eigenvalue weighted by Gasteiger charge is 2.36. The van der Waals surface area contributed by atoms with E-state index in [9.17, 15) is 24.0 Å². The van der Waals surface area contributed by atoms with Crippen LogP contribution in [0.1, 0.15) is 36.8 Å². The van der Waals surface area contributed by atoms with Gasteiger partial charge in [-0.25, -0.2) is 9.59 Å². The quantitative estimate of drug-likeness (QED) is 0.0833. The number of fused-ring (bicyclic) bond motifs is 1. The molecule has 1 aromatic heterocycles. The zero-order valence-corrected chi connectivity index (χ0v) is 26.1. The third-order valence-corrected chi connectivity index (χ3v) is 7.27. The molecule has 1 fully saturated rings. The molecule has 0 bridgehead atoms. The molecule has 2 aromatic carbocycles. The molecule has 46 heavy (non-hydrogen) atoms. The molecule has 1 aliphatic heterocycles. The fourth-order valence-corrected chi connectivity index (χ4v) is 5.03. The van der Waals surface area contributed by atoms with Gasteiger partial charge in [0.1, 0.15) is 30.8 Å². The number of hydrogen-bond acceptors (Lipinski definition) is 8. The summed E-state index contributed by atoms with van der Waals surface area (Å²) in [6, 6.07) is 13.6. The molecule has 0 radical (unpaired) electrons. The number of aliphatic imine (C=N–C) groups is 1. The average molecular weight is 656 g/mol. The largest absolute Gasteiger partial charge is 0.445 e. The van der Waals surface area contributed by atoms with Crippen LogP contribution in [0.5, 0.6) is 0 Å². The number of nitrogens with two attached hydrogens (primary N) is 2. The van der Waals surface area contributed by atoms with Crippen molar-refractivity contribution in [1.82, 2.24) is 15.5 Å². The number of aryl methyl sites for hydroxylation is 1. The standard InChI is InChI=1S/C31H37N7O7.ClH/c1-19-15-27(40)45-25-16-21(11-12-22(19)25)36-28(41)23(9-5-13-34-30(32)33)37-29(42)24-10-6-14-38(24)26(39)17-35-31(43)44-18-20-7-3-2-4-8-20;/h2-4,7-8,11-12,15-16,23-24H,5-6,9-10,13-14,17-18H2,1H3,(H,35,43)(H,36,41)(H,37,42)(H4,32,33,34);1H. The molecule has 0 saturated carbocycles. The number of guanidine groups is 1. The molecule has 15 heteroatoms. The first-order valence-electron chi connectivity index (χ1n) is 14.6. The van der Waals surface area contributed by atoms with Crippen molar-refractivity contribution in [3.05, 3.63) is 76.1 Å². The Morgan fingerprint density at radius 1 is 1.11 bits per heavy atom. The molecule has 0 aliphatic carbocycles. The van der Waals surface area contributed by atoms with E-state index in [2.05, 4.69) is 20.9 Å². The number of carbonyl (C=O) groups is 4. The van der Waals surface area contributed by atoms with E-state index in [0.717, 1.165) is 16.5 Å². The zero-order chi connectivity index (χ0) is 32.3. The Kier molecular flexibility index (Phi) is 12.9. The van der Waals surface area contributed by atoms with Gasteiger partial charge >= 0.3 is 11.7 Å². The molecular formula is C31H38ClN7O7. The van der Waals surface area contributed by atoms with Gasteiger partial charge in [0, 0.05) is 36.3 Å². The van der Waals surface area contributed by atoms with Crippen molar-refractivity contribution in [1.29, 1.82) is 0 Å². The number of anilines is 1. The van der Waals surface area contributed by atoms with Crippen molar-refractivity contribution in [2.75, 3.05) is 25.0 Å². The maximum absolute atomic E-state index is 13.4. The van der Waals surface area contributed by atoms with Gasteiger partial charge in [0.2, 0.25) is 17.7 Å². The lowest BCUT2D eigenvalue weighted by molar-refractivity contribution is -0.138. The lowest BCUT2D eigenvalue weighted by Crippen LogP contribution is -2.53. The SMILES string of the molecule is Cc1cc(=O)oc2cc(NC(=O)C(CCCN=C(N)N)NC(=O)C3CCCN3C(=O)CNC(=O)OCc3ccccc3)ccc12.Cl. The van der Waals surface area contributed by atoms with E-state index < -0.39 is 41.5 Å². The summed E-state index contributed by atoms with van der Waals surface area (Å²) in [5.74, 6) is -1.56. The molecule has 2 heterocycles. The minimum absolute atomic E-state index is 0. The molecule has 2 unspecified atom stereocenters. The van der Waals surface area contributed by atoms with E-state index in [-0.39, 0.29) is 44.5 Å². The molecular weight excluding hydrogens is 618 g/mol. The fraction of sp³-hybridized carbons (Fsp3) is 0.355. The number of benzene rings is 2. The number of ether oxygens (including phenoxy) is 1. The molecule has 4 rings (SSSR count). The first-order valence-corrected chi connectivity index (χ1v) is 14.6. The first kappa shape index (κ1) is 35.4. The van der Waals surface area contributed by atoms with Crippen LogP contribution >= 0.6 is 12.4 Å². The van der Waals surface area contributed by atoms with E-state index in [1.807, 2.05) is 30.3 Å². The van der Waals surface area contributed by atoms with Crippen LogP contribution in [0.4, 0.5) is 10.5 Å². The number of rotatable bonds is 12. The molecule has 4 amide bonds. The number of hydrogen-bond donors (Lipinski definition) is 5. The third-order valence-electron chi connectivity index (χ3n) is 7.27. The summed E-state index contributed by atoms with van der Waals surface area (Å²) in [6.45, 7) is 2.04. The molecule has 0 spiro atoms. The zero-order valence-electron chi connectivity index (χ0n) is 25.3. The maximum atomic E-state index is 13.4. The normalized spacial score (nSPS) is 14.5. The Morgan fingerprint density at radius 3 is 2.61 bits per heavy atom. The van der Waals surface area contributed by atoms with Gasteiger partial charge in [0.05, 0.1) is 0 Å². The van der Waals surface area contributed by atoms with Crippen molar-refractivity contribution in [3.63, 3.8) is 0 Å². The number of carbonyl (C=O) groups excluding carboxylic acids is 4. The van der Waals surface area contributed by atoms with E-state index in [1.165, 1.54) is 17.0 Å². The Labute approximate surface area is 271 Å². The highest BCUT2D eigenvalue weighted by atomic mass is 35.5. The summed E-state index contributed by atoms with van der Waals surface area (Å²) in [5, 5.41) is 8.69. The van der Waals surface area contributed by atoms with Crippen molar-refractivity contribution < 1.29 is 28.3 Å². The highest BCUT2D eigenvalue weighted by Crippen LogP contribution is 2.22. The van der Waals surface area contributed by atoms with Crippen LogP contribution in [0.15, 0.2) is 68.8 Å². The van der Waals surface area contributed by atoms with Crippen LogP contribution in [0.3, 0.4) is 0 Å². The van der Waals surface area contributed by atoms with Gasteiger partial charge < -0.3 is 41.5 Å². The molecule has 1 aliphatic rings. The number of likely N-dealkylation sites (tertiary alicyclic amines) is 1. The summed E-state index contributed by atoms with van der Waals surface area (Å²) in [7, 11) is 0. The Morgan fingerprint density at radius 2 is 1.87 bits per heavy atom. The van der Waals surface area contributed by atoms with Gasteiger partial charge in [-0.1, -0.05) is 30.3 Å². The predicted octanol–water partition coefficient (Wildman–Crippen LogP) is 1.92. The van der Waals surface area contributed by atoms with Gasteiger partial charge in [-0.2, -0.15) is 0 Å². The summed E-state index contributed by atoms with van der Waals surface area (Å²) in [5.41, 5.74) is 12.5. The minimum Gasteiger partial charge on any atom is -0.445 e. The number of amides is 4. The van der Waals surface area contributed by atoms with Crippen LogP contribution in [0, 0.1) is 6.92 Å². The minimum atomic E-state index is -0.990. The smallest absolute Gasteiger partial charge is 0.407 e. The van der Waals surface area contributed by atoms with Crippen molar-refractivity contribution in [2.45, 2.75) is 51.3 Å². The molecule has 1 saturated heterocycles. The van der Waals surface area contributed by atoms with Gasteiger partial charge in [-0.15, -0.1) is 12.4 Å². The Balaban J connectivity index is 0.00000576.